The fourth-order valence-electron chi connectivity index (χ4n) is 3.80. The highest BCUT2D eigenvalue weighted by molar-refractivity contribution is 7.98. The number of fused-ring (bicyclic) bond motifs is 1. The lowest BCUT2D eigenvalue weighted by atomic mass is 9.96. The Hall–Kier alpha value is -2.77. The van der Waals surface area contributed by atoms with Gasteiger partial charge in [0.05, 0.1) is 12.2 Å². The summed E-state index contributed by atoms with van der Waals surface area (Å²) < 4.78 is 7.09. The number of nitrogens with zero attached hydrogens (tertiary/aromatic N) is 3. The van der Waals surface area contributed by atoms with Crippen LogP contribution < -0.4 is 5.32 Å². The van der Waals surface area contributed by atoms with Crippen LogP contribution in [-0.4, -0.2) is 27.3 Å². The number of carbonyl (C=O) groups excluding carboxylic acids is 1. The number of benzene rings is 2. The van der Waals surface area contributed by atoms with E-state index in [9.17, 15) is 4.79 Å². The molecule has 0 radical (unpaired) electrons. The Morgan fingerprint density at radius 1 is 1.22 bits per heavy atom. The van der Waals surface area contributed by atoms with Crippen molar-refractivity contribution in [2.75, 3.05) is 11.9 Å². The third-order valence-corrected chi connectivity index (χ3v) is 6.47. The molecule has 1 aromatic heterocycles. The molecule has 2 aromatic carbocycles. The molecule has 1 aliphatic heterocycles. The summed E-state index contributed by atoms with van der Waals surface area (Å²) in [7, 11) is 0. The summed E-state index contributed by atoms with van der Waals surface area (Å²) in [4.78, 5) is 17.5. The van der Waals surface area contributed by atoms with E-state index in [4.69, 9.17) is 21.4 Å². The predicted molar refractivity (Wildman–Crippen MR) is 128 cm³/mol. The van der Waals surface area contributed by atoms with Gasteiger partial charge in [0.2, 0.25) is 11.1 Å². The second-order valence-corrected chi connectivity index (χ2v) is 9.10. The van der Waals surface area contributed by atoms with Crippen LogP contribution in [0.1, 0.15) is 42.1 Å². The average molecular weight is 469 g/mol. The van der Waals surface area contributed by atoms with Crippen LogP contribution in [0.25, 0.3) is 0 Å². The molecule has 0 spiro atoms. The summed E-state index contributed by atoms with van der Waals surface area (Å²) in [5.74, 6) is 0.964. The van der Waals surface area contributed by atoms with Gasteiger partial charge in [0.1, 0.15) is 6.04 Å². The van der Waals surface area contributed by atoms with Gasteiger partial charge in [-0.2, -0.15) is 4.98 Å². The number of rotatable bonds is 6. The Kier molecular flexibility index (Phi) is 6.58. The molecule has 4 rings (SSSR count). The number of aryl methyl sites for hydroxylation is 2. The van der Waals surface area contributed by atoms with Crippen molar-refractivity contribution in [3.05, 3.63) is 81.0 Å². The van der Waals surface area contributed by atoms with Gasteiger partial charge in [0.15, 0.2) is 0 Å². The van der Waals surface area contributed by atoms with Crippen molar-refractivity contribution in [3.63, 3.8) is 0 Å². The number of hydrogen-bond acceptors (Lipinski definition) is 6. The number of halogens is 1. The highest BCUT2D eigenvalue weighted by Crippen LogP contribution is 2.37. The van der Waals surface area contributed by atoms with E-state index in [1.807, 2.05) is 25.1 Å². The maximum Gasteiger partial charge on any atom is 0.338 e. The van der Waals surface area contributed by atoms with Gasteiger partial charge in [-0.05, 0) is 56.5 Å². The van der Waals surface area contributed by atoms with E-state index in [0.29, 0.717) is 34.0 Å². The van der Waals surface area contributed by atoms with Gasteiger partial charge in [-0.15, -0.1) is 5.10 Å². The zero-order valence-corrected chi connectivity index (χ0v) is 20.0. The number of thioether (sulfide) groups is 1. The second kappa shape index (κ2) is 9.38. The van der Waals surface area contributed by atoms with Crippen LogP contribution in [0.2, 0.25) is 5.02 Å². The van der Waals surface area contributed by atoms with Gasteiger partial charge in [-0.1, -0.05) is 59.3 Å². The topological polar surface area (TPSA) is 69.0 Å². The quantitative estimate of drug-likeness (QED) is 0.370. The minimum absolute atomic E-state index is 0.291. The van der Waals surface area contributed by atoms with E-state index < -0.39 is 6.04 Å². The third kappa shape index (κ3) is 4.54. The highest BCUT2D eigenvalue weighted by atomic mass is 35.5. The van der Waals surface area contributed by atoms with Crippen LogP contribution >= 0.6 is 23.4 Å². The van der Waals surface area contributed by atoms with Gasteiger partial charge in [0, 0.05) is 16.5 Å². The number of allylic oxidation sites excluding steroid dienone is 1. The van der Waals surface area contributed by atoms with Crippen molar-refractivity contribution in [3.8, 4) is 0 Å². The molecule has 1 atom stereocenters. The van der Waals surface area contributed by atoms with Crippen molar-refractivity contribution in [1.82, 2.24) is 14.8 Å². The summed E-state index contributed by atoms with van der Waals surface area (Å²) in [5, 5.41) is 9.20. The molecule has 2 heterocycles. The third-order valence-electron chi connectivity index (χ3n) is 5.35. The molecular weight excluding hydrogens is 444 g/mol. The van der Waals surface area contributed by atoms with Gasteiger partial charge < -0.3 is 10.1 Å². The fourth-order valence-corrected chi connectivity index (χ4v) is 4.90. The van der Waals surface area contributed by atoms with Crippen LogP contribution in [0.3, 0.4) is 0 Å². The van der Waals surface area contributed by atoms with Crippen LogP contribution in [-0.2, 0) is 15.3 Å². The highest BCUT2D eigenvalue weighted by Gasteiger charge is 2.35. The first-order valence-electron chi connectivity index (χ1n) is 10.4. The standard InChI is InChI=1S/C24H25ClN4O2S/c1-5-31-22(30)20-16(4)26-23-27-24(32-13-18-10-9-14(2)11-15(18)3)28-29(23)21(20)17-7-6-8-19(25)12-17/h6-12,21H,5,13H2,1-4H3,(H,26,27,28)/t21-/m0/s1. The van der Waals surface area contributed by atoms with Crippen molar-refractivity contribution in [1.29, 1.82) is 0 Å². The molecular formula is C24H25ClN4O2S. The number of esters is 1. The van der Waals surface area contributed by atoms with E-state index in [1.54, 1.807) is 29.4 Å². The largest absolute Gasteiger partial charge is 0.463 e. The molecule has 1 N–H and O–H groups in total. The fraction of sp³-hybridized carbons (Fsp3) is 0.292. The van der Waals surface area contributed by atoms with Crippen LogP contribution in [0.15, 0.2) is 58.9 Å². The summed E-state index contributed by atoms with van der Waals surface area (Å²) in [6.45, 7) is 8.14. The van der Waals surface area contributed by atoms with E-state index in [2.05, 4.69) is 42.3 Å². The lowest BCUT2D eigenvalue weighted by Crippen LogP contribution is -2.29. The summed E-state index contributed by atoms with van der Waals surface area (Å²) in [5.41, 5.74) is 5.77. The van der Waals surface area contributed by atoms with E-state index in [0.717, 1.165) is 11.3 Å². The van der Waals surface area contributed by atoms with E-state index in [1.165, 1.54) is 16.7 Å². The van der Waals surface area contributed by atoms with Gasteiger partial charge in [-0.3, -0.25) is 0 Å². The first kappa shape index (κ1) is 22.4. The van der Waals surface area contributed by atoms with Crippen LogP contribution in [0.4, 0.5) is 5.95 Å². The second-order valence-electron chi connectivity index (χ2n) is 7.72. The van der Waals surface area contributed by atoms with E-state index >= 15 is 0 Å². The first-order valence-corrected chi connectivity index (χ1v) is 11.8. The van der Waals surface area contributed by atoms with Crippen molar-refractivity contribution >= 4 is 35.3 Å². The molecule has 0 saturated heterocycles. The molecule has 0 amide bonds. The van der Waals surface area contributed by atoms with Gasteiger partial charge >= 0.3 is 5.97 Å². The number of anilines is 1. The SMILES string of the molecule is CCOC(=O)C1=C(C)Nc2nc(SCc3ccc(C)cc3C)nn2[C@H]1c1cccc(Cl)c1. The number of hydrogen-bond donors (Lipinski definition) is 1. The Morgan fingerprint density at radius 2 is 2.03 bits per heavy atom. The Morgan fingerprint density at radius 3 is 2.75 bits per heavy atom. The maximum atomic E-state index is 12.8. The minimum atomic E-state index is -0.480. The zero-order chi connectivity index (χ0) is 22.8. The summed E-state index contributed by atoms with van der Waals surface area (Å²) in [6, 6.07) is 13.4. The lowest BCUT2D eigenvalue weighted by Gasteiger charge is -2.28. The van der Waals surface area contributed by atoms with Crippen molar-refractivity contribution < 1.29 is 9.53 Å². The molecule has 0 fully saturated rings. The minimum Gasteiger partial charge on any atom is -0.463 e. The Bertz CT molecular complexity index is 1200. The van der Waals surface area contributed by atoms with Gasteiger partial charge in [-0.25, -0.2) is 9.48 Å². The zero-order valence-electron chi connectivity index (χ0n) is 18.5. The molecule has 166 valence electrons. The monoisotopic (exact) mass is 468 g/mol. The molecule has 0 unspecified atom stereocenters. The molecule has 6 nitrogen and oxygen atoms in total. The molecule has 0 aliphatic carbocycles. The first-order chi connectivity index (χ1) is 15.4. The van der Waals surface area contributed by atoms with Crippen LogP contribution in [0.5, 0.6) is 0 Å². The lowest BCUT2D eigenvalue weighted by molar-refractivity contribution is -0.139. The maximum absolute atomic E-state index is 12.8. The Balaban J connectivity index is 1.69. The normalized spacial score (nSPS) is 15.3. The number of aromatic nitrogens is 3. The molecule has 0 saturated carbocycles. The Labute approximate surface area is 197 Å². The molecule has 32 heavy (non-hydrogen) atoms. The smallest absolute Gasteiger partial charge is 0.338 e. The molecule has 1 aliphatic rings. The predicted octanol–water partition coefficient (Wildman–Crippen LogP) is 5.69. The number of ether oxygens (including phenoxy) is 1. The van der Waals surface area contributed by atoms with Crippen LogP contribution in [0, 0.1) is 13.8 Å². The number of carbonyl (C=O) groups is 1. The molecule has 3 aromatic rings. The summed E-state index contributed by atoms with van der Waals surface area (Å²) >= 11 is 7.83. The van der Waals surface area contributed by atoms with Crippen molar-refractivity contribution in [2.45, 2.75) is 44.6 Å². The number of nitrogens with one attached hydrogen (secondary N) is 1. The summed E-state index contributed by atoms with van der Waals surface area (Å²) in [6.07, 6.45) is 0. The van der Waals surface area contributed by atoms with E-state index in [-0.39, 0.29) is 5.97 Å². The molecule has 8 heteroatoms. The van der Waals surface area contributed by atoms with Gasteiger partial charge in [0.25, 0.3) is 0 Å². The molecule has 0 bridgehead atoms. The average Bonchev–Trinajstić information content (AvgIpc) is 3.14. The van der Waals surface area contributed by atoms with Crippen molar-refractivity contribution in [2.24, 2.45) is 0 Å².